The lowest BCUT2D eigenvalue weighted by molar-refractivity contribution is 0.128. The summed E-state index contributed by atoms with van der Waals surface area (Å²) in [6.07, 6.45) is 2.77. The van der Waals surface area contributed by atoms with Gasteiger partial charge in [-0.2, -0.15) is 0 Å². The zero-order valence-electron chi connectivity index (χ0n) is 13.3. The topological polar surface area (TPSA) is 76.4 Å². The molecule has 0 saturated carbocycles. The fourth-order valence-electron chi connectivity index (χ4n) is 1.51. The molecule has 0 unspecified atom stereocenters. The molecule has 122 valence electrons. The minimum absolute atomic E-state index is 0. The van der Waals surface area contributed by atoms with E-state index in [0.29, 0.717) is 19.1 Å². The third kappa shape index (κ3) is 8.86. The highest BCUT2D eigenvalue weighted by molar-refractivity contribution is 14.0. The molecule has 0 saturated heterocycles. The second-order valence-corrected chi connectivity index (χ2v) is 5.01. The molecule has 1 heterocycles. The SMILES string of the molecule is CN=C(NCCOCCC(C)C)NCc1nncn1C.I. The Kier molecular flexibility index (Phi) is 11.2. The van der Waals surface area contributed by atoms with Crippen molar-refractivity contribution >= 4 is 29.9 Å². The Hall–Kier alpha value is -0.900. The van der Waals surface area contributed by atoms with Gasteiger partial charge in [0.1, 0.15) is 6.33 Å². The van der Waals surface area contributed by atoms with Crippen molar-refractivity contribution in [1.82, 2.24) is 25.4 Å². The Balaban J connectivity index is 0.00000400. The summed E-state index contributed by atoms with van der Waals surface area (Å²) in [6, 6.07) is 0. The fraction of sp³-hybridized carbons (Fsp3) is 0.769. The number of hydrogen-bond acceptors (Lipinski definition) is 4. The van der Waals surface area contributed by atoms with Crippen molar-refractivity contribution in [2.24, 2.45) is 18.0 Å². The lowest BCUT2D eigenvalue weighted by Gasteiger charge is -2.12. The van der Waals surface area contributed by atoms with Crippen molar-refractivity contribution in [2.75, 3.05) is 26.8 Å². The summed E-state index contributed by atoms with van der Waals surface area (Å²) in [5.74, 6) is 2.28. The van der Waals surface area contributed by atoms with Crippen LogP contribution in [-0.4, -0.2) is 47.5 Å². The second kappa shape index (κ2) is 11.7. The van der Waals surface area contributed by atoms with Gasteiger partial charge in [-0.25, -0.2) is 0 Å². The molecule has 2 N–H and O–H groups in total. The Morgan fingerprint density at radius 2 is 2.14 bits per heavy atom. The minimum atomic E-state index is 0. The van der Waals surface area contributed by atoms with Gasteiger partial charge < -0.3 is 19.9 Å². The van der Waals surface area contributed by atoms with E-state index in [4.69, 9.17) is 4.74 Å². The lowest BCUT2D eigenvalue weighted by atomic mass is 10.1. The Labute approximate surface area is 144 Å². The van der Waals surface area contributed by atoms with Crippen LogP contribution in [0, 0.1) is 5.92 Å². The highest BCUT2D eigenvalue weighted by Gasteiger charge is 2.02. The van der Waals surface area contributed by atoms with Crippen LogP contribution in [0.4, 0.5) is 0 Å². The maximum absolute atomic E-state index is 5.54. The van der Waals surface area contributed by atoms with E-state index in [9.17, 15) is 0 Å². The molecule has 0 atom stereocenters. The first kappa shape index (κ1) is 20.1. The molecule has 0 aliphatic rings. The molecule has 0 aromatic carbocycles. The molecule has 1 aromatic rings. The summed E-state index contributed by atoms with van der Waals surface area (Å²) in [5, 5.41) is 14.2. The van der Waals surface area contributed by atoms with E-state index >= 15 is 0 Å². The van der Waals surface area contributed by atoms with Crippen molar-refractivity contribution in [3.05, 3.63) is 12.2 Å². The van der Waals surface area contributed by atoms with E-state index in [2.05, 4.69) is 39.7 Å². The van der Waals surface area contributed by atoms with E-state index < -0.39 is 0 Å². The van der Waals surface area contributed by atoms with Crippen LogP contribution >= 0.6 is 24.0 Å². The third-order valence-corrected chi connectivity index (χ3v) is 2.82. The van der Waals surface area contributed by atoms with Gasteiger partial charge in [0.25, 0.3) is 0 Å². The average molecular weight is 410 g/mol. The molecule has 1 rings (SSSR count). The van der Waals surface area contributed by atoms with E-state index in [-0.39, 0.29) is 24.0 Å². The summed E-state index contributed by atoms with van der Waals surface area (Å²) in [4.78, 5) is 4.14. The van der Waals surface area contributed by atoms with Crippen LogP contribution in [-0.2, 0) is 18.3 Å². The summed E-state index contributed by atoms with van der Waals surface area (Å²) in [7, 11) is 3.65. The smallest absolute Gasteiger partial charge is 0.191 e. The molecule has 21 heavy (non-hydrogen) atoms. The number of halogens is 1. The molecule has 0 aliphatic heterocycles. The van der Waals surface area contributed by atoms with Crippen molar-refractivity contribution in [1.29, 1.82) is 0 Å². The third-order valence-electron chi connectivity index (χ3n) is 2.82. The first-order valence-electron chi connectivity index (χ1n) is 6.98. The van der Waals surface area contributed by atoms with Gasteiger partial charge in [0.15, 0.2) is 11.8 Å². The predicted molar refractivity (Wildman–Crippen MR) is 94.9 cm³/mol. The Bertz CT molecular complexity index is 407. The first-order valence-corrected chi connectivity index (χ1v) is 6.98. The van der Waals surface area contributed by atoms with Crippen molar-refractivity contribution in [3.63, 3.8) is 0 Å². The molecule has 0 fully saturated rings. The number of nitrogens with zero attached hydrogens (tertiary/aromatic N) is 4. The quantitative estimate of drug-likeness (QED) is 0.291. The zero-order chi connectivity index (χ0) is 14.8. The first-order chi connectivity index (χ1) is 9.63. The number of ether oxygens (including phenoxy) is 1. The Morgan fingerprint density at radius 1 is 1.38 bits per heavy atom. The van der Waals surface area contributed by atoms with Crippen LogP contribution in [0.25, 0.3) is 0 Å². The molecule has 7 nitrogen and oxygen atoms in total. The number of hydrogen-bond donors (Lipinski definition) is 2. The summed E-state index contributed by atoms with van der Waals surface area (Å²) in [5.41, 5.74) is 0. The maximum atomic E-state index is 5.54. The normalized spacial score (nSPS) is 11.4. The number of aryl methyl sites for hydroxylation is 1. The van der Waals surface area contributed by atoms with Crippen LogP contribution in [0.15, 0.2) is 11.3 Å². The lowest BCUT2D eigenvalue weighted by Crippen LogP contribution is -2.39. The van der Waals surface area contributed by atoms with Gasteiger partial charge in [-0.1, -0.05) is 13.8 Å². The van der Waals surface area contributed by atoms with Crippen molar-refractivity contribution in [2.45, 2.75) is 26.8 Å². The Morgan fingerprint density at radius 3 is 2.71 bits per heavy atom. The number of aromatic nitrogens is 3. The molecular weight excluding hydrogens is 383 g/mol. The van der Waals surface area contributed by atoms with Gasteiger partial charge in [0, 0.05) is 27.2 Å². The highest BCUT2D eigenvalue weighted by Crippen LogP contribution is 1.98. The molecule has 0 bridgehead atoms. The summed E-state index contributed by atoms with van der Waals surface area (Å²) in [6.45, 7) is 7.20. The monoisotopic (exact) mass is 410 g/mol. The van der Waals surface area contributed by atoms with Gasteiger partial charge in [0.2, 0.25) is 0 Å². The molecule has 0 amide bonds. The van der Waals surface area contributed by atoms with Crippen molar-refractivity contribution < 1.29 is 4.74 Å². The number of guanidine groups is 1. The standard InChI is InChI=1S/C13H26N6O.HI/c1-11(2)5-7-20-8-6-15-13(14-3)16-9-12-18-17-10-19(12)4;/h10-11H,5-9H2,1-4H3,(H2,14,15,16);1H. The van der Waals surface area contributed by atoms with E-state index in [1.807, 2.05) is 11.6 Å². The van der Waals surface area contributed by atoms with Crippen LogP contribution in [0.5, 0.6) is 0 Å². The van der Waals surface area contributed by atoms with Gasteiger partial charge in [-0.15, -0.1) is 34.2 Å². The number of aliphatic imine (C=N–C) groups is 1. The molecule has 1 aromatic heterocycles. The minimum Gasteiger partial charge on any atom is -0.380 e. The van der Waals surface area contributed by atoms with E-state index in [0.717, 1.165) is 31.4 Å². The second-order valence-electron chi connectivity index (χ2n) is 5.01. The highest BCUT2D eigenvalue weighted by atomic mass is 127. The van der Waals surface area contributed by atoms with Gasteiger partial charge in [-0.3, -0.25) is 4.99 Å². The summed E-state index contributed by atoms with van der Waals surface area (Å²) < 4.78 is 7.41. The van der Waals surface area contributed by atoms with Crippen LogP contribution in [0.1, 0.15) is 26.1 Å². The molecule has 0 radical (unpaired) electrons. The maximum Gasteiger partial charge on any atom is 0.191 e. The number of nitrogens with one attached hydrogen (secondary N) is 2. The van der Waals surface area contributed by atoms with E-state index in [1.54, 1.807) is 13.4 Å². The zero-order valence-corrected chi connectivity index (χ0v) is 15.6. The largest absolute Gasteiger partial charge is 0.380 e. The van der Waals surface area contributed by atoms with Gasteiger partial charge >= 0.3 is 0 Å². The average Bonchev–Trinajstić information content (AvgIpc) is 2.82. The molecule has 8 heteroatoms. The molecule has 0 spiro atoms. The van der Waals surface area contributed by atoms with Gasteiger partial charge in [0.05, 0.1) is 13.2 Å². The van der Waals surface area contributed by atoms with Crippen LogP contribution in [0.3, 0.4) is 0 Å². The van der Waals surface area contributed by atoms with E-state index in [1.165, 1.54) is 0 Å². The molecule has 0 aliphatic carbocycles. The van der Waals surface area contributed by atoms with Crippen LogP contribution in [0.2, 0.25) is 0 Å². The molecular formula is C13H27IN6O. The van der Waals surface area contributed by atoms with Crippen LogP contribution < -0.4 is 10.6 Å². The van der Waals surface area contributed by atoms with Crippen molar-refractivity contribution in [3.8, 4) is 0 Å². The fourth-order valence-corrected chi connectivity index (χ4v) is 1.51. The predicted octanol–water partition coefficient (Wildman–Crippen LogP) is 1.16. The number of rotatable bonds is 8. The van der Waals surface area contributed by atoms with Gasteiger partial charge in [-0.05, 0) is 12.3 Å². The summed E-state index contributed by atoms with van der Waals surface area (Å²) >= 11 is 0.